The number of anilines is 1. The SMILES string of the molecule is O=C(O)c1cccnc1NOCc1ccccc1. The van der Waals surface area contributed by atoms with Crippen LogP contribution in [0.1, 0.15) is 15.9 Å². The Bertz CT molecular complexity index is 529. The average molecular weight is 244 g/mol. The van der Waals surface area contributed by atoms with Crippen molar-refractivity contribution < 1.29 is 14.7 Å². The van der Waals surface area contributed by atoms with E-state index in [-0.39, 0.29) is 11.4 Å². The standard InChI is InChI=1S/C13H12N2O3/c16-13(17)11-7-4-8-14-12(11)15-18-9-10-5-2-1-3-6-10/h1-8H,9H2,(H,14,15)(H,16,17). The summed E-state index contributed by atoms with van der Waals surface area (Å²) < 4.78 is 0. The van der Waals surface area contributed by atoms with E-state index in [1.807, 2.05) is 30.3 Å². The van der Waals surface area contributed by atoms with Crippen molar-refractivity contribution in [2.75, 3.05) is 5.48 Å². The summed E-state index contributed by atoms with van der Waals surface area (Å²) in [5, 5.41) is 8.95. The first kappa shape index (κ1) is 12.1. The van der Waals surface area contributed by atoms with Gasteiger partial charge >= 0.3 is 5.97 Å². The van der Waals surface area contributed by atoms with Crippen LogP contribution in [-0.2, 0) is 11.4 Å². The summed E-state index contributed by atoms with van der Waals surface area (Å²) in [6, 6.07) is 12.6. The van der Waals surface area contributed by atoms with Crippen LogP contribution in [0.25, 0.3) is 0 Å². The number of carboxylic acids is 1. The van der Waals surface area contributed by atoms with Crippen molar-refractivity contribution in [3.05, 3.63) is 59.8 Å². The van der Waals surface area contributed by atoms with Crippen molar-refractivity contribution in [2.45, 2.75) is 6.61 Å². The molecule has 0 bridgehead atoms. The molecule has 1 aromatic carbocycles. The van der Waals surface area contributed by atoms with Crippen LogP contribution in [0.3, 0.4) is 0 Å². The number of aromatic carboxylic acids is 1. The number of carbonyl (C=O) groups is 1. The number of benzene rings is 1. The topological polar surface area (TPSA) is 71.5 Å². The third-order valence-electron chi connectivity index (χ3n) is 2.29. The summed E-state index contributed by atoms with van der Waals surface area (Å²) in [7, 11) is 0. The molecule has 0 saturated heterocycles. The molecular formula is C13H12N2O3. The van der Waals surface area contributed by atoms with Crippen LogP contribution in [0.15, 0.2) is 48.7 Å². The van der Waals surface area contributed by atoms with E-state index in [9.17, 15) is 4.79 Å². The molecule has 0 unspecified atom stereocenters. The molecular weight excluding hydrogens is 232 g/mol. The Kier molecular flexibility index (Phi) is 3.88. The fraction of sp³-hybridized carbons (Fsp3) is 0.0769. The molecule has 0 aliphatic carbocycles. The van der Waals surface area contributed by atoms with E-state index < -0.39 is 5.97 Å². The first-order valence-electron chi connectivity index (χ1n) is 5.37. The highest BCUT2D eigenvalue weighted by atomic mass is 16.6. The van der Waals surface area contributed by atoms with E-state index in [4.69, 9.17) is 9.94 Å². The van der Waals surface area contributed by atoms with Crippen LogP contribution in [0.5, 0.6) is 0 Å². The van der Waals surface area contributed by atoms with Crippen molar-refractivity contribution >= 4 is 11.8 Å². The fourth-order valence-corrected chi connectivity index (χ4v) is 1.42. The van der Waals surface area contributed by atoms with Crippen LogP contribution in [0, 0.1) is 0 Å². The van der Waals surface area contributed by atoms with Crippen LogP contribution in [-0.4, -0.2) is 16.1 Å². The van der Waals surface area contributed by atoms with Gasteiger partial charge in [-0.05, 0) is 17.7 Å². The van der Waals surface area contributed by atoms with Gasteiger partial charge in [-0.2, -0.15) is 0 Å². The van der Waals surface area contributed by atoms with Gasteiger partial charge in [0.15, 0.2) is 5.82 Å². The van der Waals surface area contributed by atoms with E-state index in [0.717, 1.165) is 5.56 Å². The van der Waals surface area contributed by atoms with E-state index in [1.165, 1.54) is 12.3 Å². The molecule has 0 aliphatic rings. The maximum atomic E-state index is 10.9. The molecule has 1 aromatic heterocycles. The third-order valence-corrected chi connectivity index (χ3v) is 2.29. The second-order valence-corrected chi connectivity index (χ2v) is 3.58. The van der Waals surface area contributed by atoms with Crippen molar-refractivity contribution in [1.29, 1.82) is 0 Å². The molecule has 18 heavy (non-hydrogen) atoms. The zero-order valence-electron chi connectivity index (χ0n) is 9.54. The molecule has 5 nitrogen and oxygen atoms in total. The second-order valence-electron chi connectivity index (χ2n) is 3.58. The second kappa shape index (κ2) is 5.79. The van der Waals surface area contributed by atoms with Gasteiger partial charge in [0.05, 0.1) is 6.61 Å². The molecule has 0 spiro atoms. The normalized spacial score (nSPS) is 10.0. The maximum absolute atomic E-state index is 10.9. The summed E-state index contributed by atoms with van der Waals surface area (Å²) >= 11 is 0. The number of hydrogen-bond acceptors (Lipinski definition) is 4. The van der Waals surface area contributed by atoms with Gasteiger partial charge in [0.1, 0.15) is 5.56 Å². The lowest BCUT2D eigenvalue weighted by atomic mass is 10.2. The lowest BCUT2D eigenvalue weighted by Gasteiger charge is -2.08. The predicted molar refractivity (Wildman–Crippen MR) is 66.1 cm³/mol. The highest BCUT2D eigenvalue weighted by Crippen LogP contribution is 2.11. The number of nitrogens with one attached hydrogen (secondary N) is 1. The molecule has 0 aliphatic heterocycles. The van der Waals surface area contributed by atoms with Crippen molar-refractivity contribution in [3.8, 4) is 0 Å². The first-order valence-corrected chi connectivity index (χ1v) is 5.37. The Labute approximate surface area is 104 Å². The van der Waals surface area contributed by atoms with Crippen LogP contribution in [0.4, 0.5) is 5.82 Å². The summed E-state index contributed by atoms with van der Waals surface area (Å²) in [6.45, 7) is 0.330. The minimum absolute atomic E-state index is 0.0746. The van der Waals surface area contributed by atoms with Crippen LogP contribution >= 0.6 is 0 Å². The molecule has 92 valence electrons. The van der Waals surface area contributed by atoms with E-state index in [0.29, 0.717) is 6.61 Å². The monoisotopic (exact) mass is 244 g/mol. The van der Waals surface area contributed by atoms with Crippen LogP contribution < -0.4 is 5.48 Å². The maximum Gasteiger partial charge on any atom is 0.339 e. The zero-order chi connectivity index (χ0) is 12.8. The molecule has 2 N–H and O–H groups in total. The lowest BCUT2D eigenvalue weighted by Crippen LogP contribution is -2.08. The summed E-state index contributed by atoms with van der Waals surface area (Å²) in [4.78, 5) is 20.1. The van der Waals surface area contributed by atoms with Gasteiger partial charge in [-0.3, -0.25) is 4.84 Å². The molecule has 2 aromatic rings. The first-order chi connectivity index (χ1) is 8.77. The third kappa shape index (κ3) is 3.05. The van der Waals surface area contributed by atoms with Gasteiger partial charge in [-0.25, -0.2) is 15.3 Å². The Morgan fingerprint density at radius 2 is 2.00 bits per heavy atom. The molecule has 0 radical (unpaired) electrons. The molecule has 0 atom stereocenters. The number of carboxylic acid groups (broad SMARTS) is 1. The van der Waals surface area contributed by atoms with E-state index in [1.54, 1.807) is 6.07 Å². The number of nitrogens with zero attached hydrogens (tertiary/aromatic N) is 1. The number of rotatable bonds is 5. The van der Waals surface area contributed by atoms with Crippen molar-refractivity contribution in [3.63, 3.8) is 0 Å². The number of hydrogen-bond donors (Lipinski definition) is 2. The molecule has 1 heterocycles. The molecule has 0 amide bonds. The zero-order valence-corrected chi connectivity index (χ0v) is 9.54. The Balaban J connectivity index is 1.97. The highest BCUT2D eigenvalue weighted by Gasteiger charge is 2.09. The number of pyridine rings is 1. The van der Waals surface area contributed by atoms with E-state index >= 15 is 0 Å². The number of aromatic nitrogens is 1. The predicted octanol–water partition coefficient (Wildman–Crippen LogP) is 2.32. The molecule has 2 rings (SSSR count). The average Bonchev–Trinajstić information content (AvgIpc) is 2.40. The lowest BCUT2D eigenvalue weighted by molar-refractivity contribution is 0.0695. The Hall–Kier alpha value is -2.40. The molecule has 0 fully saturated rings. The Morgan fingerprint density at radius 1 is 1.22 bits per heavy atom. The van der Waals surface area contributed by atoms with Crippen LogP contribution in [0.2, 0.25) is 0 Å². The van der Waals surface area contributed by atoms with Gasteiger partial charge in [0.25, 0.3) is 0 Å². The minimum Gasteiger partial charge on any atom is -0.478 e. The minimum atomic E-state index is -1.05. The largest absolute Gasteiger partial charge is 0.478 e. The van der Waals surface area contributed by atoms with Gasteiger partial charge in [-0.1, -0.05) is 30.3 Å². The summed E-state index contributed by atoms with van der Waals surface area (Å²) in [6.07, 6.45) is 1.50. The fourth-order valence-electron chi connectivity index (χ4n) is 1.42. The van der Waals surface area contributed by atoms with Crippen molar-refractivity contribution in [2.24, 2.45) is 0 Å². The van der Waals surface area contributed by atoms with Crippen molar-refractivity contribution in [1.82, 2.24) is 4.98 Å². The smallest absolute Gasteiger partial charge is 0.339 e. The molecule has 0 saturated carbocycles. The quantitative estimate of drug-likeness (QED) is 0.790. The van der Waals surface area contributed by atoms with Gasteiger partial charge < -0.3 is 5.11 Å². The summed E-state index contributed by atoms with van der Waals surface area (Å²) in [5.74, 6) is -0.852. The summed E-state index contributed by atoms with van der Waals surface area (Å²) in [5.41, 5.74) is 3.61. The van der Waals surface area contributed by atoms with Gasteiger partial charge in [0.2, 0.25) is 0 Å². The molecule has 5 heteroatoms. The van der Waals surface area contributed by atoms with E-state index in [2.05, 4.69) is 10.5 Å². The highest BCUT2D eigenvalue weighted by molar-refractivity contribution is 5.92. The van der Waals surface area contributed by atoms with Gasteiger partial charge in [0, 0.05) is 6.20 Å². The Morgan fingerprint density at radius 3 is 2.72 bits per heavy atom. The van der Waals surface area contributed by atoms with Gasteiger partial charge in [-0.15, -0.1) is 0 Å².